The standard InChI is InChI=1S/C20H30N2O3.ClH/c1-20(21)11-3-2-4-18(20)19(23)22-16-5-7-17(8-6-16)25-14-15-9-12-24-13-10-15;/h5-8,15,18H,2-4,9-14,21H2,1H3,(H,22,23);1H. The molecule has 1 saturated carbocycles. The molecular weight excluding hydrogens is 352 g/mol. The lowest BCUT2D eigenvalue weighted by Gasteiger charge is -2.37. The summed E-state index contributed by atoms with van der Waals surface area (Å²) >= 11 is 0. The van der Waals surface area contributed by atoms with Crippen LogP contribution in [0.3, 0.4) is 0 Å². The molecule has 0 aromatic heterocycles. The second kappa shape index (κ2) is 9.58. The van der Waals surface area contributed by atoms with Gasteiger partial charge >= 0.3 is 0 Å². The number of nitrogens with two attached hydrogens (primary N) is 1. The first-order chi connectivity index (χ1) is 12.0. The second-order valence-corrected chi connectivity index (χ2v) is 7.68. The molecule has 6 heteroatoms. The topological polar surface area (TPSA) is 73.6 Å². The fourth-order valence-corrected chi connectivity index (χ4v) is 3.78. The van der Waals surface area contributed by atoms with Crippen LogP contribution in [0.15, 0.2) is 24.3 Å². The Bertz CT molecular complexity index is 571. The summed E-state index contributed by atoms with van der Waals surface area (Å²) in [6, 6.07) is 7.62. The predicted octanol–water partition coefficient (Wildman–Crippen LogP) is 3.76. The molecule has 1 heterocycles. The summed E-state index contributed by atoms with van der Waals surface area (Å²) in [5.74, 6) is 1.32. The van der Waals surface area contributed by atoms with E-state index in [1.54, 1.807) is 0 Å². The molecule has 1 aliphatic heterocycles. The minimum atomic E-state index is -0.408. The van der Waals surface area contributed by atoms with Crippen molar-refractivity contribution in [3.05, 3.63) is 24.3 Å². The molecule has 146 valence electrons. The lowest BCUT2D eigenvalue weighted by atomic mass is 9.74. The Morgan fingerprint density at radius 2 is 1.92 bits per heavy atom. The van der Waals surface area contributed by atoms with Crippen molar-refractivity contribution in [3.63, 3.8) is 0 Å². The van der Waals surface area contributed by atoms with Gasteiger partial charge < -0.3 is 20.5 Å². The van der Waals surface area contributed by atoms with Crippen molar-refractivity contribution in [3.8, 4) is 5.75 Å². The molecule has 0 bridgehead atoms. The van der Waals surface area contributed by atoms with Gasteiger partial charge in [0, 0.05) is 24.4 Å². The van der Waals surface area contributed by atoms with Crippen molar-refractivity contribution in [1.82, 2.24) is 0 Å². The van der Waals surface area contributed by atoms with Crippen molar-refractivity contribution >= 4 is 24.0 Å². The molecule has 26 heavy (non-hydrogen) atoms. The fraction of sp³-hybridized carbons (Fsp3) is 0.650. The fourth-order valence-electron chi connectivity index (χ4n) is 3.78. The molecule has 1 aromatic carbocycles. The number of ether oxygens (including phenoxy) is 2. The highest BCUT2D eigenvalue weighted by Gasteiger charge is 2.37. The first-order valence-electron chi connectivity index (χ1n) is 9.45. The molecule has 2 unspecified atom stereocenters. The first-order valence-corrected chi connectivity index (χ1v) is 9.45. The SMILES string of the molecule is CC1(N)CCCCC1C(=O)Nc1ccc(OCC2CCOCC2)cc1.Cl. The van der Waals surface area contributed by atoms with Gasteiger partial charge in [0.15, 0.2) is 0 Å². The van der Waals surface area contributed by atoms with Crippen LogP contribution in [-0.4, -0.2) is 31.3 Å². The zero-order valence-corrected chi connectivity index (χ0v) is 16.4. The highest BCUT2D eigenvalue weighted by Crippen LogP contribution is 2.32. The number of benzene rings is 1. The van der Waals surface area contributed by atoms with Crippen LogP contribution in [0.2, 0.25) is 0 Å². The van der Waals surface area contributed by atoms with Crippen molar-refractivity contribution in [2.24, 2.45) is 17.6 Å². The van der Waals surface area contributed by atoms with Gasteiger partial charge in [0.25, 0.3) is 0 Å². The van der Waals surface area contributed by atoms with Crippen molar-refractivity contribution in [2.75, 3.05) is 25.1 Å². The van der Waals surface area contributed by atoms with Gasteiger partial charge in [-0.1, -0.05) is 12.8 Å². The Morgan fingerprint density at radius 1 is 1.23 bits per heavy atom. The van der Waals surface area contributed by atoms with Gasteiger partial charge in [-0.2, -0.15) is 0 Å². The normalized spacial score (nSPS) is 26.6. The lowest BCUT2D eigenvalue weighted by molar-refractivity contribution is -0.122. The van der Waals surface area contributed by atoms with Crippen LogP contribution in [-0.2, 0) is 9.53 Å². The number of hydrogen-bond donors (Lipinski definition) is 2. The molecule has 2 fully saturated rings. The molecule has 2 aliphatic rings. The molecule has 3 rings (SSSR count). The van der Waals surface area contributed by atoms with E-state index in [1.165, 1.54) is 0 Å². The van der Waals surface area contributed by atoms with E-state index in [-0.39, 0.29) is 24.2 Å². The summed E-state index contributed by atoms with van der Waals surface area (Å²) < 4.78 is 11.2. The molecule has 0 spiro atoms. The predicted molar refractivity (Wildman–Crippen MR) is 106 cm³/mol. The number of rotatable bonds is 5. The molecular formula is C20H31ClN2O3. The number of halogens is 1. The minimum Gasteiger partial charge on any atom is -0.493 e. The number of carbonyl (C=O) groups excluding carboxylic acids is 1. The monoisotopic (exact) mass is 382 g/mol. The lowest BCUT2D eigenvalue weighted by Crippen LogP contribution is -2.51. The zero-order chi connectivity index (χ0) is 17.7. The highest BCUT2D eigenvalue weighted by atomic mass is 35.5. The van der Waals surface area contributed by atoms with Crippen LogP contribution in [0, 0.1) is 11.8 Å². The number of nitrogens with one attached hydrogen (secondary N) is 1. The van der Waals surface area contributed by atoms with Crippen molar-refractivity contribution in [2.45, 2.75) is 51.0 Å². The summed E-state index contributed by atoms with van der Waals surface area (Å²) in [5.41, 5.74) is 6.71. The highest BCUT2D eigenvalue weighted by molar-refractivity contribution is 5.93. The summed E-state index contributed by atoms with van der Waals surface area (Å²) in [4.78, 5) is 12.6. The van der Waals surface area contributed by atoms with Crippen LogP contribution >= 0.6 is 12.4 Å². The van der Waals surface area contributed by atoms with E-state index in [1.807, 2.05) is 31.2 Å². The molecule has 1 amide bonds. The van der Waals surface area contributed by atoms with Crippen LogP contribution in [0.5, 0.6) is 5.75 Å². The largest absolute Gasteiger partial charge is 0.493 e. The third-order valence-corrected chi connectivity index (χ3v) is 5.52. The Balaban J connectivity index is 0.00000243. The summed E-state index contributed by atoms with van der Waals surface area (Å²) in [6.07, 6.45) is 6.08. The van der Waals surface area contributed by atoms with Gasteiger partial charge in [0.2, 0.25) is 5.91 Å². The van der Waals surface area contributed by atoms with Gasteiger partial charge in [-0.05, 0) is 62.8 Å². The van der Waals surface area contributed by atoms with E-state index in [0.29, 0.717) is 5.92 Å². The van der Waals surface area contributed by atoms with Gasteiger partial charge in [-0.25, -0.2) is 0 Å². The summed E-state index contributed by atoms with van der Waals surface area (Å²) in [5, 5.41) is 3.01. The zero-order valence-electron chi connectivity index (χ0n) is 15.5. The van der Waals surface area contributed by atoms with Crippen LogP contribution in [0.1, 0.15) is 45.4 Å². The second-order valence-electron chi connectivity index (χ2n) is 7.68. The van der Waals surface area contributed by atoms with E-state index in [4.69, 9.17) is 15.2 Å². The van der Waals surface area contributed by atoms with Gasteiger partial charge in [-0.15, -0.1) is 12.4 Å². The third kappa shape index (κ3) is 5.60. The Labute approximate surface area is 162 Å². The summed E-state index contributed by atoms with van der Waals surface area (Å²) in [6.45, 7) is 4.38. The van der Waals surface area contributed by atoms with E-state index in [2.05, 4.69) is 5.32 Å². The number of carbonyl (C=O) groups is 1. The van der Waals surface area contributed by atoms with E-state index >= 15 is 0 Å². The van der Waals surface area contributed by atoms with Crippen molar-refractivity contribution in [1.29, 1.82) is 0 Å². The molecule has 1 aromatic rings. The van der Waals surface area contributed by atoms with Crippen LogP contribution in [0.4, 0.5) is 5.69 Å². The number of anilines is 1. The average Bonchev–Trinajstić information content (AvgIpc) is 2.61. The molecule has 2 atom stereocenters. The average molecular weight is 383 g/mol. The maximum absolute atomic E-state index is 12.6. The Hall–Kier alpha value is -1.30. The van der Waals surface area contributed by atoms with E-state index < -0.39 is 5.54 Å². The molecule has 3 N–H and O–H groups in total. The van der Waals surface area contributed by atoms with Gasteiger partial charge in [0.1, 0.15) is 5.75 Å². The van der Waals surface area contributed by atoms with Crippen LogP contribution in [0.25, 0.3) is 0 Å². The van der Waals surface area contributed by atoms with Gasteiger partial charge in [0.05, 0.1) is 12.5 Å². The Kier molecular flexibility index (Phi) is 7.74. The molecule has 0 radical (unpaired) electrons. The number of hydrogen-bond acceptors (Lipinski definition) is 4. The van der Waals surface area contributed by atoms with E-state index in [0.717, 1.165) is 69.8 Å². The van der Waals surface area contributed by atoms with E-state index in [9.17, 15) is 4.79 Å². The first kappa shape index (κ1) is 21.0. The minimum absolute atomic E-state index is 0. The maximum Gasteiger partial charge on any atom is 0.229 e. The number of amides is 1. The maximum atomic E-state index is 12.6. The van der Waals surface area contributed by atoms with Crippen molar-refractivity contribution < 1.29 is 14.3 Å². The van der Waals surface area contributed by atoms with Crippen LogP contribution < -0.4 is 15.8 Å². The summed E-state index contributed by atoms with van der Waals surface area (Å²) in [7, 11) is 0. The quantitative estimate of drug-likeness (QED) is 0.813. The molecule has 1 saturated heterocycles. The smallest absolute Gasteiger partial charge is 0.229 e. The van der Waals surface area contributed by atoms with Gasteiger partial charge in [-0.3, -0.25) is 4.79 Å². The third-order valence-electron chi connectivity index (χ3n) is 5.52. The molecule has 1 aliphatic carbocycles. The Morgan fingerprint density at radius 3 is 2.58 bits per heavy atom. The molecule has 5 nitrogen and oxygen atoms in total.